The molecule has 0 spiro atoms. The van der Waals surface area contributed by atoms with Gasteiger partial charge in [-0.25, -0.2) is 4.98 Å². The van der Waals surface area contributed by atoms with E-state index in [0.29, 0.717) is 16.0 Å². The molecule has 122 valence electrons. The fraction of sp³-hybridized carbons (Fsp3) is 0.167. The van der Waals surface area contributed by atoms with Crippen molar-refractivity contribution >= 4 is 39.6 Å². The molecule has 2 aromatic carbocycles. The van der Waals surface area contributed by atoms with Crippen LogP contribution in [0.25, 0.3) is 10.9 Å². The van der Waals surface area contributed by atoms with E-state index < -0.39 is 0 Å². The van der Waals surface area contributed by atoms with E-state index in [0.717, 1.165) is 11.4 Å². The van der Waals surface area contributed by atoms with E-state index in [1.54, 1.807) is 12.1 Å². The zero-order valence-corrected chi connectivity index (χ0v) is 14.6. The van der Waals surface area contributed by atoms with Gasteiger partial charge in [0.2, 0.25) is 0 Å². The van der Waals surface area contributed by atoms with Crippen molar-refractivity contribution in [1.82, 2.24) is 9.97 Å². The molecule has 2 N–H and O–H groups in total. The number of H-pyrrole nitrogens is 1. The van der Waals surface area contributed by atoms with Gasteiger partial charge < -0.3 is 15.2 Å². The molecule has 0 amide bonds. The van der Waals surface area contributed by atoms with Gasteiger partial charge in [-0.15, -0.1) is 0 Å². The molecule has 1 heterocycles. The lowest BCUT2D eigenvalue weighted by atomic mass is 10.1. The van der Waals surface area contributed by atoms with E-state index in [2.05, 4.69) is 41.3 Å². The summed E-state index contributed by atoms with van der Waals surface area (Å²) in [6.07, 6.45) is 1.40. The van der Waals surface area contributed by atoms with Crippen LogP contribution in [0, 0.1) is 13.8 Å². The van der Waals surface area contributed by atoms with Gasteiger partial charge in [0.1, 0.15) is 0 Å². The first-order valence-corrected chi connectivity index (χ1v) is 7.96. The normalized spacial score (nSPS) is 10.6. The quantitative estimate of drug-likeness (QED) is 0.702. The second-order valence-electron chi connectivity index (χ2n) is 5.72. The third-order valence-corrected chi connectivity index (χ3v) is 4.45. The maximum Gasteiger partial charge on any atom is 0.258 e. The van der Waals surface area contributed by atoms with Crippen LogP contribution in [-0.4, -0.2) is 22.1 Å². The number of nitrogens with one attached hydrogen (secondary N) is 2. The summed E-state index contributed by atoms with van der Waals surface area (Å²) in [7, 11) is 1.91. The fourth-order valence-electron chi connectivity index (χ4n) is 2.41. The van der Waals surface area contributed by atoms with Crippen LogP contribution >= 0.6 is 12.2 Å². The predicted molar refractivity (Wildman–Crippen MR) is 103 cm³/mol. The average molecular weight is 338 g/mol. The molecule has 6 heteroatoms. The van der Waals surface area contributed by atoms with Crippen LogP contribution in [-0.2, 0) is 0 Å². The number of hydrogen-bond acceptors (Lipinski definition) is 3. The van der Waals surface area contributed by atoms with Crippen molar-refractivity contribution in [3.05, 3.63) is 64.2 Å². The third-order valence-electron chi connectivity index (χ3n) is 4.07. The van der Waals surface area contributed by atoms with Crippen molar-refractivity contribution in [3.63, 3.8) is 0 Å². The summed E-state index contributed by atoms with van der Waals surface area (Å²) >= 11 is 5.49. The Kier molecular flexibility index (Phi) is 4.31. The van der Waals surface area contributed by atoms with Crippen LogP contribution in [0.3, 0.4) is 0 Å². The molecule has 5 nitrogen and oxygen atoms in total. The summed E-state index contributed by atoms with van der Waals surface area (Å²) in [5.74, 6) is 0. The minimum Gasteiger partial charge on any atom is -0.332 e. The number of benzene rings is 2. The lowest BCUT2D eigenvalue weighted by Crippen LogP contribution is -2.31. The maximum atomic E-state index is 11.9. The summed E-state index contributed by atoms with van der Waals surface area (Å²) in [4.78, 5) is 20.5. The Balaban J connectivity index is 1.84. The highest BCUT2D eigenvalue weighted by Crippen LogP contribution is 2.20. The van der Waals surface area contributed by atoms with E-state index in [4.69, 9.17) is 12.2 Å². The van der Waals surface area contributed by atoms with Crippen LogP contribution in [0.15, 0.2) is 47.5 Å². The van der Waals surface area contributed by atoms with Crippen molar-refractivity contribution in [1.29, 1.82) is 0 Å². The Labute approximate surface area is 145 Å². The summed E-state index contributed by atoms with van der Waals surface area (Å²) < 4.78 is 0. The molecule has 0 aliphatic heterocycles. The lowest BCUT2D eigenvalue weighted by molar-refractivity contribution is 1.17. The first kappa shape index (κ1) is 16.1. The number of aromatic nitrogens is 2. The van der Waals surface area contributed by atoms with Gasteiger partial charge in [0, 0.05) is 18.4 Å². The molecule has 0 aliphatic rings. The molecule has 3 aromatic rings. The van der Waals surface area contributed by atoms with Crippen LogP contribution in [0.4, 0.5) is 11.4 Å². The van der Waals surface area contributed by atoms with E-state index in [9.17, 15) is 4.79 Å². The molecule has 0 aliphatic carbocycles. The average Bonchev–Trinajstić information content (AvgIpc) is 2.57. The number of nitrogens with zero attached hydrogens (tertiary/aromatic N) is 2. The predicted octanol–water partition coefficient (Wildman–Crippen LogP) is 3.37. The summed E-state index contributed by atoms with van der Waals surface area (Å²) in [5.41, 5.74) is 4.70. The number of anilines is 2. The number of thiocarbonyl (C=S) groups is 1. The molecular formula is C18H18N4OS. The zero-order chi connectivity index (χ0) is 17.3. The topological polar surface area (TPSA) is 61.0 Å². The number of aromatic amines is 1. The minimum atomic E-state index is -0.169. The Bertz CT molecular complexity index is 980. The van der Waals surface area contributed by atoms with Crippen LogP contribution < -0.4 is 15.8 Å². The molecule has 0 radical (unpaired) electrons. The zero-order valence-electron chi connectivity index (χ0n) is 13.8. The smallest absolute Gasteiger partial charge is 0.258 e. The highest BCUT2D eigenvalue weighted by Gasteiger charge is 2.09. The third kappa shape index (κ3) is 3.14. The van der Waals surface area contributed by atoms with E-state index >= 15 is 0 Å². The Morgan fingerprint density at radius 3 is 2.71 bits per heavy atom. The monoisotopic (exact) mass is 338 g/mol. The summed E-state index contributed by atoms with van der Waals surface area (Å²) in [6.45, 7) is 4.15. The Hall–Kier alpha value is -2.73. The SMILES string of the molecule is Cc1ccc(N(C)C(=S)Nc2ccc3nc[nH]c(=O)c3c2)cc1C. The van der Waals surface area contributed by atoms with Crippen LogP contribution in [0.5, 0.6) is 0 Å². The molecule has 0 unspecified atom stereocenters. The van der Waals surface area contributed by atoms with Gasteiger partial charge in [0.05, 0.1) is 17.2 Å². The van der Waals surface area contributed by atoms with E-state index in [1.807, 2.05) is 24.1 Å². The van der Waals surface area contributed by atoms with Gasteiger partial charge in [0.15, 0.2) is 5.11 Å². The van der Waals surface area contributed by atoms with Gasteiger partial charge >= 0.3 is 0 Å². The summed E-state index contributed by atoms with van der Waals surface area (Å²) in [6, 6.07) is 11.6. The Morgan fingerprint density at radius 2 is 1.96 bits per heavy atom. The number of fused-ring (bicyclic) bond motifs is 1. The van der Waals surface area contributed by atoms with Gasteiger partial charge in [-0.1, -0.05) is 6.07 Å². The molecule has 0 fully saturated rings. The van der Waals surface area contributed by atoms with Gasteiger partial charge in [-0.3, -0.25) is 4.79 Å². The van der Waals surface area contributed by atoms with Gasteiger partial charge in [-0.2, -0.15) is 0 Å². The second kappa shape index (κ2) is 6.41. The lowest BCUT2D eigenvalue weighted by Gasteiger charge is -2.22. The number of aryl methyl sites for hydroxylation is 2. The Morgan fingerprint density at radius 1 is 1.17 bits per heavy atom. The highest BCUT2D eigenvalue weighted by molar-refractivity contribution is 7.80. The van der Waals surface area contributed by atoms with Crippen LogP contribution in [0.2, 0.25) is 0 Å². The fourth-order valence-corrected chi connectivity index (χ4v) is 2.63. The highest BCUT2D eigenvalue weighted by atomic mass is 32.1. The maximum absolute atomic E-state index is 11.9. The minimum absolute atomic E-state index is 0.169. The standard InChI is InChI=1S/C18H18N4OS/c1-11-4-6-14(8-12(11)2)22(3)18(24)21-13-5-7-16-15(9-13)17(23)20-10-19-16/h4-10H,1-3H3,(H,21,24)(H,19,20,23). The molecule has 0 saturated heterocycles. The van der Waals surface area contributed by atoms with E-state index in [-0.39, 0.29) is 5.56 Å². The van der Waals surface area contributed by atoms with Crippen molar-refractivity contribution < 1.29 is 0 Å². The molecule has 3 rings (SSSR count). The van der Waals surface area contributed by atoms with E-state index in [1.165, 1.54) is 17.5 Å². The number of rotatable bonds is 2. The van der Waals surface area contributed by atoms with Crippen molar-refractivity contribution in [2.45, 2.75) is 13.8 Å². The summed E-state index contributed by atoms with van der Waals surface area (Å²) in [5, 5.41) is 4.25. The largest absolute Gasteiger partial charge is 0.332 e. The molecular weight excluding hydrogens is 320 g/mol. The molecule has 0 bridgehead atoms. The van der Waals surface area contributed by atoms with Crippen molar-refractivity contribution in [2.24, 2.45) is 0 Å². The van der Waals surface area contributed by atoms with Gasteiger partial charge in [-0.05, 0) is 67.5 Å². The molecule has 0 saturated carbocycles. The van der Waals surface area contributed by atoms with Crippen molar-refractivity contribution in [2.75, 3.05) is 17.3 Å². The first-order chi connectivity index (χ1) is 11.5. The van der Waals surface area contributed by atoms with Gasteiger partial charge in [0.25, 0.3) is 5.56 Å². The molecule has 24 heavy (non-hydrogen) atoms. The number of hydrogen-bond donors (Lipinski definition) is 2. The van der Waals surface area contributed by atoms with Crippen molar-refractivity contribution in [3.8, 4) is 0 Å². The molecule has 1 aromatic heterocycles. The van der Waals surface area contributed by atoms with Crippen LogP contribution in [0.1, 0.15) is 11.1 Å². The second-order valence-corrected chi connectivity index (χ2v) is 6.11. The molecule has 0 atom stereocenters. The first-order valence-electron chi connectivity index (χ1n) is 7.55.